The van der Waals surface area contributed by atoms with E-state index in [0.29, 0.717) is 17.2 Å². The van der Waals surface area contributed by atoms with E-state index in [2.05, 4.69) is 5.32 Å². The third-order valence-corrected chi connectivity index (χ3v) is 7.43. The zero-order valence-electron chi connectivity index (χ0n) is 20.0. The molecule has 190 valence electrons. The number of methoxy groups -OCH3 is 1. The Bertz CT molecular complexity index is 1450. The number of nitrogens with one attached hydrogen (secondary N) is 1. The van der Waals surface area contributed by atoms with Crippen molar-refractivity contribution in [1.29, 1.82) is 0 Å². The van der Waals surface area contributed by atoms with E-state index < -0.39 is 22.5 Å². The summed E-state index contributed by atoms with van der Waals surface area (Å²) in [6, 6.07) is 29.5. The summed E-state index contributed by atoms with van der Waals surface area (Å²) in [4.78, 5) is 12.9. The van der Waals surface area contributed by atoms with Crippen molar-refractivity contribution in [2.45, 2.75) is 11.4 Å². The Morgan fingerprint density at radius 3 is 2.14 bits per heavy atom. The number of rotatable bonds is 10. The molecule has 0 bridgehead atoms. The molecule has 0 saturated carbocycles. The van der Waals surface area contributed by atoms with Gasteiger partial charge in [0.2, 0.25) is 15.9 Å². The second-order valence-corrected chi connectivity index (χ2v) is 10.4. The number of para-hydroxylation sites is 1. The Balaban J connectivity index is 1.53. The number of carbonyl (C=O) groups is 1. The van der Waals surface area contributed by atoms with Gasteiger partial charge in [0.25, 0.3) is 0 Å². The maximum atomic E-state index is 13.7. The third kappa shape index (κ3) is 6.89. The van der Waals surface area contributed by atoms with Crippen LogP contribution in [0.3, 0.4) is 0 Å². The Kier molecular flexibility index (Phi) is 8.45. The molecule has 0 radical (unpaired) electrons. The van der Waals surface area contributed by atoms with Crippen LogP contribution in [0, 0.1) is 0 Å². The highest BCUT2D eigenvalue weighted by molar-refractivity contribution is 7.89. The first-order chi connectivity index (χ1) is 17.8. The molecular weight excluding hydrogens is 512 g/mol. The summed E-state index contributed by atoms with van der Waals surface area (Å²) in [6.07, 6.45) is 0. The Hall–Kier alpha value is -3.85. The molecule has 7 nitrogen and oxygen atoms in total. The molecule has 1 N–H and O–H groups in total. The molecule has 0 heterocycles. The minimum absolute atomic E-state index is 0.0177. The molecular formula is C28H25ClN2O5S. The molecule has 0 saturated heterocycles. The molecule has 4 aromatic carbocycles. The normalized spacial score (nSPS) is 11.2. The van der Waals surface area contributed by atoms with Crippen LogP contribution in [0.1, 0.15) is 5.56 Å². The van der Waals surface area contributed by atoms with Crippen LogP contribution in [-0.4, -0.2) is 32.3 Å². The van der Waals surface area contributed by atoms with Crippen LogP contribution in [0.5, 0.6) is 17.2 Å². The smallest absolute Gasteiger partial charge is 0.247 e. The van der Waals surface area contributed by atoms with Crippen molar-refractivity contribution in [3.05, 3.63) is 114 Å². The summed E-state index contributed by atoms with van der Waals surface area (Å²) in [5.41, 5.74) is 1.23. The highest BCUT2D eigenvalue weighted by Crippen LogP contribution is 2.30. The lowest BCUT2D eigenvalue weighted by molar-refractivity contribution is -0.116. The van der Waals surface area contributed by atoms with Crippen LogP contribution in [0.4, 0.5) is 5.69 Å². The number of anilines is 1. The van der Waals surface area contributed by atoms with Crippen LogP contribution in [-0.2, 0) is 21.4 Å². The molecule has 0 spiro atoms. The predicted octanol–water partition coefficient (Wildman–Crippen LogP) is 5.97. The second-order valence-electron chi connectivity index (χ2n) is 8.04. The number of ether oxygens (including phenoxy) is 2. The maximum absolute atomic E-state index is 13.7. The van der Waals surface area contributed by atoms with Gasteiger partial charge in [0, 0.05) is 17.3 Å². The first kappa shape index (κ1) is 26.2. The number of carbonyl (C=O) groups excluding carboxylic acids is 1. The monoisotopic (exact) mass is 536 g/mol. The van der Waals surface area contributed by atoms with Crippen molar-refractivity contribution < 1.29 is 22.7 Å². The Morgan fingerprint density at radius 1 is 0.865 bits per heavy atom. The van der Waals surface area contributed by atoms with Gasteiger partial charge in [-0.05, 0) is 60.2 Å². The zero-order chi connectivity index (χ0) is 26.3. The van der Waals surface area contributed by atoms with E-state index in [-0.39, 0.29) is 22.2 Å². The number of nitrogens with zero attached hydrogens (tertiary/aromatic N) is 1. The third-order valence-electron chi connectivity index (χ3n) is 5.38. The summed E-state index contributed by atoms with van der Waals surface area (Å²) >= 11 is 6.09. The van der Waals surface area contributed by atoms with Gasteiger partial charge >= 0.3 is 0 Å². The minimum Gasteiger partial charge on any atom is -0.495 e. The van der Waals surface area contributed by atoms with Gasteiger partial charge in [0.05, 0.1) is 13.7 Å². The highest BCUT2D eigenvalue weighted by Gasteiger charge is 2.30. The average Bonchev–Trinajstić information content (AvgIpc) is 2.90. The van der Waals surface area contributed by atoms with E-state index in [1.165, 1.54) is 19.2 Å². The van der Waals surface area contributed by atoms with E-state index in [1.807, 2.05) is 36.4 Å². The van der Waals surface area contributed by atoms with Gasteiger partial charge in [-0.1, -0.05) is 60.1 Å². The largest absolute Gasteiger partial charge is 0.495 e. The number of benzene rings is 4. The van der Waals surface area contributed by atoms with Gasteiger partial charge in [-0.2, -0.15) is 4.31 Å². The summed E-state index contributed by atoms with van der Waals surface area (Å²) in [5, 5.41) is 2.99. The van der Waals surface area contributed by atoms with Crippen molar-refractivity contribution in [2.24, 2.45) is 0 Å². The topological polar surface area (TPSA) is 84.9 Å². The summed E-state index contributed by atoms with van der Waals surface area (Å²) < 4.78 is 39.5. The lowest BCUT2D eigenvalue weighted by Gasteiger charge is -2.23. The fraction of sp³-hybridized carbons (Fsp3) is 0.107. The molecule has 1 amide bonds. The maximum Gasteiger partial charge on any atom is 0.247 e. The van der Waals surface area contributed by atoms with E-state index in [0.717, 1.165) is 9.87 Å². The number of hydrogen-bond donors (Lipinski definition) is 1. The van der Waals surface area contributed by atoms with Gasteiger partial charge in [0.1, 0.15) is 22.1 Å². The standard InChI is InChI=1S/C28H25ClN2O5S/c1-35-26-17-12-22(29)18-27(26)37(33,34)31(19-21-8-4-2-5-9-21)20-28(32)30-23-13-15-25(16-14-23)36-24-10-6-3-7-11-24/h2-18H,19-20H2,1H3,(H,30,32). The number of amides is 1. The van der Waals surface area contributed by atoms with Crippen molar-refractivity contribution in [3.8, 4) is 17.2 Å². The fourth-order valence-corrected chi connectivity index (χ4v) is 5.40. The number of hydrogen-bond acceptors (Lipinski definition) is 5. The van der Waals surface area contributed by atoms with Crippen LogP contribution >= 0.6 is 11.6 Å². The van der Waals surface area contributed by atoms with Gasteiger partial charge in [-0.15, -0.1) is 0 Å². The van der Waals surface area contributed by atoms with Crippen molar-refractivity contribution in [1.82, 2.24) is 4.31 Å². The van der Waals surface area contributed by atoms with Gasteiger partial charge < -0.3 is 14.8 Å². The van der Waals surface area contributed by atoms with Gasteiger partial charge in [-0.3, -0.25) is 4.79 Å². The lowest BCUT2D eigenvalue weighted by atomic mass is 10.2. The van der Waals surface area contributed by atoms with Crippen molar-refractivity contribution in [3.63, 3.8) is 0 Å². The van der Waals surface area contributed by atoms with E-state index in [1.54, 1.807) is 54.6 Å². The molecule has 4 aromatic rings. The van der Waals surface area contributed by atoms with Gasteiger partial charge in [0.15, 0.2) is 0 Å². The fourth-order valence-electron chi connectivity index (χ4n) is 3.60. The lowest BCUT2D eigenvalue weighted by Crippen LogP contribution is -2.37. The second kappa shape index (κ2) is 11.9. The van der Waals surface area contributed by atoms with Crippen LogP contribution in [0.2, 0.25) is 5.02 Å². The van der Waals surface area contributed by atoms with Crippen molar-refractivity contribution >= 4 is 33.2 Å². The van der Waals surface area contributed by atoms with E-state index >= 15 is 0 Å². The average molecular weight is 537 g/mol. The molecule has 4 rings (SSSR count). The van der Waals surface area contributed by atoms with E-state index in [4.69, 9.17) is 21.1 Å². The van der Waals surface area contributed by atoms with Crippen molar-refractivity contribution in [2.75, 3.05) is 19.0 Å². The Labute approximate surface area is 221 Å². The molecule has 9 heteroatoms. The molecule has 0 atom stereocenters. The number of halogens is 1. The molecule has 0 aliphatic rings. The molecule has 37 heavy (non-hydrogen) atoms. The molecule has 0 aromatic heterocycles. The van der Waals surface area contributed by atoms with Crippen LogP contribution in [0.25, 0.3) is 0 Å². The number of sulfonamides is 1. The summed E-state index contributed by atoms with van der Waals surface area (Å²) in [5.74, 6) is 0.928. The first-order valence-corrected chi connectivity index (χ1v) is 13.2. The molecule has 0 aliphatic heterocycles. The van der Waals surface area contributed by atoms with Crippen LogP contribution in [0.15, 0.2) is 108 Å². The first-order valence-electron chi connectivity index (χ1n) is 11.4. The van der Waals surface area contributed by atoms with Crippen LogP contribution < -0.4 is 14.8 Å². The minimum atomic E-state index is -4.15. The molecule has 0 aliphatic carbocycles. The van der Waals surface area contributed by atoms with E-state index in [9.17, 15) is 13.2 Å². The molecule has 0 unspecified atom stereocenters. The summed E-state index contributed by atoms with van der Waals surface area (Å²) in [6.45, 7) is -0.439. The summed E-state index contributed by atoms with van der Waals surface area (Å²) in [7, 11) is -2.77. The zero-order valence-corrected chi connectivity index (χ0v) is 21.6. The SMILES string of the molecule is COc1ccc(Cl)cc1S(=O)(=O)N(CC(=O)Nc1ccc(Oc2ccccc2)cc1)Cc1ccccc1. The Morgan fingerprint density at radius 2 is 1.49 bits per heavy atom. The molecule has 0 fully saturated rings. The predicted molar refractivity (Wildman–Crippen MR) is 144 cm³/mol. The highest BCUT2D eigenvalue weighted by atomic mass is 35.5. The quantitative estimate of drug-likeness (QED) is 0.270. The van der Waals surface area contributed by atoms with Gasteiger partial charge in [-0.25, -0.2) is 8.42 Å².